The molecule has 1 aromatic carbocycles. The number of aliphatic carboxylic acids is 1. The van der Waals surface area contributed by atoms with Gasteiger partial charge in [0.1, 0.15) is 6.07 Å². The molecule has 0 amide bonds. The summed E-state index contributed by atoms with van der Waals surface area (Å²) in [6.45, 7) is 2.74. The van der Waals surface area contributed by atoms with Gasteiger partial charge in [-0.15, -0.1) is 11.8 Å². The highest BCUT2D eigenvalue weighted by Gasteiger charge is 2.07. The van der Waals surface area contributed by atoms with Crippen molar-refractivity contribution in [2.75, 3.05) is 17.6 Å². The second-order valence-corrected chi connectivity index (χ2v) is 5.31. The Balaban J connectivity index is 2.56. The Morgan fingerprint density at radius 3 is 2.89 bits per heavy atom. The molecule has 4 nitrogen and oxygen atoms in total. The fourth-order valence-corrected chi connectivity index (χ4v) is 2.48. The monoisotopic (exact) mass is 278 g/mol. The van der Waals surface area contributed by atoms with E-state index < -0.39 is 5.97 Å². The van der Waals surface area contributed by atoms with Crippen LogP contribution in [0.15, 0.2) is 23.1 Å². The number of anilines is 1. The molecule has 0 aliphatic heterocycles. The van der Waals surface area contributed by atoms with Crippen LogP contribution in [0.25, 0.3) is 0 Å². The number of hydrogen-bond acceptors (Lipinski definition) is 4. The predicted octanol–water partition coefficient (Wildman–Crippen LogP) is 3.34. The molecule has 0 saturated carbocycles. The van der Waals surface area contributed by atoms with Gasteiger partial charge in [-0.1, -0.05) is 13.0 Å². The molecule has 2 N–H and O–H groups in total. The van der Waals surface area contributed by atoms with Crippen molar-refractivity contribution >= 4 is 23.4 Å². The Bertz CT molecular complexity index is 469. The fraction of sp³-hybridized carbons (Fsp3) is 0.429. The van der Waals surface area contributed by atoms with E-state index in [0.29, 0.717) is 18.5 Å². The minimum Gasteiger partial charge on any atom is -0.481 e. The third-order valence-electron chi connectivity index (χ3n) is 2.57. The van der Waals surface area contributed by atoms with Crippen molar-refractivity contribution in [2.24, 2.45) is 0 Å². The minimum atomic E-state index is -0.765. The maximum atomic E-state index is 10.4. The van der Waals surface area contributed by atoms with Crippen LogP contribution < -0.4 is 5.32 Å². The summed E-state index contributed by atoms with van der Waals surface area (Å²) >= 11 is 1.65. The molecule has 102 valence electrons. The molecule has 5 heteroatoms. The van der Waals surface area contributed by atoms with Crippen LogP contribution in [-0.4, -0.2) is 23.4 Å². The van der Waals surface area contributed by atoms with Gasteiger partial charge in [-0.3, -0.25) is 4.79 Å². The Morgan fingerprint density at radius 1 is 1.47 bits per heavy atom. The van der Waals surface area contributed by atoms with Crippen LogP contribution in [0.1, 0.15) is 31.7 Å². The standard InChI is InChI=1S/C14H18N2O2S/c1-2-19-13-7-5-6-12(11(13)10-15)16-9-4-3-8-14(17)18/h5-7,16H,2-4,8-9H2,1H3,(H,17,18). The predicted molar refractivity (Wildman–Crippen MR) is 77.5 cm³/mol. The van der Waals surface area contributed by atoms with Gasteiger partial charge in [0.2, 0.25) is 0 Å². The molecular formula is C14H18N2O2S. The van der Waals surface area contributed by atoms with Crippen LogP contribution >= 0.6 is 11.8 Å². The van der Waals surface area contributed by atoms with Crippen LogP contribution in [0.2, 0.25) is 0 Å². The average molecular weight is 278 g/mol. The van der Waals surface area contributed by atoms with E-state index in [2.05, 4.69) is 18.3 Å². The first-order valence-corrected chi connectivity index (χ1v) is 7.29. The summed E-state index contributed by atoms with van der Waals surface area (Å²) in [5, 5.41) is 21.0. The average Bonchev–Trinajstić information content (AvgIpc) is 2.38. The van der Waals surface area contributed by atoms with Crippen molar-refractivity contribution in [1.29, 1.82) is 5.26 Å². The lowest BCUT2D eigenvalue weighted by atomic mass is 10.2. The number of carbonyl (C=O) groups is 1. The first-order valence-electron chi connectivity index (χ1n) is 6.30. The third-order valence-corrected chi connectivity index (χ3v) is 3.51. The van der Waals surface area contributed by atoms with Crippen LogP contribution in [0.3, 0.4) is 0 Å². The van der Waals surface area contributed by atoms with Gasteiger partial charge in [-0.05, 0) is 30.7 Å². The summed E-state index contributed by atoms with van der Waals surface area (Å²) in [7, 11) is 0. The zero-order valence-corrected chi connectivity index (χ0v) is 11.8. The third kappa shape index (κ3) is 5.23. The largest absolute Gasteiger partial charge is 0.481 e. The van der Waals surface area contributed by atoms with E-state index in [9.17, 15) is 10.1 Å². The molecule has 0 bridgehead atoms. The SMILES string of the molecule is CCSc1cccc(NCCCCC(=O)O)c1C#N. The van der Waals surface area contributed by atoms with Crippen molar-refractivity contribution in [3.63, 3.8) is 0 Å². The van der Waals surface area contributed by atoms with E-state index in [4.69, 9.17) is 5.11 Å². The van der Waals surface area contributed by atoms with E-state index in [1.54, 1.807) is 11.8 Å². The Morgan fingerprint density at radius 2 is 2.26 bits per heavy atom. The minimum absolute atomic E-state index is 0.193. The van der Waals surface area contributed by atoms with E-state index in [0.717, 1.165) is 22.8 Å². The van der Waals surface area contributed by atoms with E-state index in [-0.39, 0.29) is 6.42 Å². The van der Waals surface area contributed by atoms with Crippen molar-refractivity contribution in [3.05, 3.63) is 23.8 Å². The van der Waals surface area contributed by atoms with Crippen LogP contribution in [0, 0.1) is 11.3 Å². The van der Waals surface area contributed by atoms with Crippen molar-refractivity contribution in [1.82, 2.24) is 0 Å². The summed E-state index contributed by atoms with van der Waals surface area (Å²) in [6, 6.07) is 7.99. The van der Waals surface area contributed by atoms with Crippen molar-refractivity contribution < 1.29 is 9.90 Å². The van der Waals surface area contributed by atoms with Gasteiger partial charge >= 0.3 is 5.97 Å². The molecule has 19 heavy (non-hydrogen) atoms. The molecule has 0 heterocycles. The highest BCUT2D eigenvalue weighted by molar-refractivity contribution is 7.99. The lowest BCUT2D eigenvalue weighted by molar-refractivity contribution is -0.137. The number of nitriles is 1. The number of unbranched alkanes of at least 4 members (excludes halogenated alkanes) is 1. The Kier molecular flexibility index (Phi) is 6.83. The van der Waals surface area contributed by atoms with Gasteiger partial charge in [-0.25, -0.2) is 0 Å². The lowest BCUT2D eigenvalue weighted by Gasteiger charge is -2.10. The summed E-state index contributed by atoms with van der Waals surface area (Å²) in [4.78, 5) is 11.4. The molecule has 0 aliphatic carbocycles. The number of benzene rings is 1. The summed E-state index contributed by atoms with van der Waals surface area (Å²) in [5.41, 5.74) is 1.50. The molecule has 0 fully saturated rings. The molecule has 0 atom stereocenters. The number of nitrogens with one attached hydrogen (secondary N) is 1. The topological polar surface area (TPSA) is 73.1 Å². The molecule has 0 spiro atoms. The number of thioether (sulfide) groups is 1. The zero-order valence-electron chi connectivity index (χ0n) is 11.0. The van der Waals surface area contributed by atoms with Crippen LogP contribution in [-0.2, 0) is 4.79 Å². The normalized spacial score (nSPS) is 9.89. The molecule has 0 aromatic heterocycles. The van der Waals surface area contributed by atoms with Gasteiger partial charge in [0.15, 0.2) is 0 Å². The summed E-state index contributed by atoms with van der Waals surface area (Å²) in [5.74, 6) is 0.163. The maximum Gasteiger partial charge on any atom is 0.303 e. The molecule has 1 aromatic rings. The van der Waals surface area contributed by atoms with Crippen molar-refractivity contribution in [3.8, 4) is 6.07 Å². The Labute approximate surface area is 117 Å². The second kappa shape index (κ2) is 8.44. The molecule has 0 unspecified atom stereocenters. The summed E-state index contributed by atoms with van der Waals surface area (Å²) < 4.78 is 0. The Hall–Kier alpha value is -1.67. The highest BCUT2D eigenvalue weighted by Crippen LogP contribution is 2.27. The molecular weight excluding hydrogens is 260 g/mol. The van der Waals surface area contributed by atoms with Gasteiger partial charge in [0, 0.05) is 17.9 Å². The van der Waals surface area contributed by atoms with Gasteiger partial charge in [0.25, 0.3) is 0 Å². The van der Waals surface area contributed by atoms with Gasteiger partial charge in [-0.2, -0.15) is 5.26 Å². The smallest absolute Gasteiger partial charge is 0.303 e. The zero-order chi connectivity index (χ0) is 14.1. The van der Waals surface area contributed by atoms with Crippen LogP contribution in [0.4, 0.5) is 5.69 Å². The van der Waals surface area contributed by atoms with Crippen LogP contribution in [0.5, 0.6) is 0 Å². The van der Waals surface area contributed by atoms with Crippen molar-refractivity contribution in [2.45, 2.75) is 31.1 Å². The number of nitrogens with zero attached hydrogens (tertiary/aromatic N) is 1. The number of hydrogen-bond donors (Lipinski definition) is 2. The van der Waals surface area contributed by atoms with Gasteiger partial charge in [0.05, 0.1) is 11.3 Å². The highest BCUT2D eigenvalue weighted by atomic mass is 32.2. The maximum absolute atomic E-state index is 10.4. The number of carboxylic acid groups (broad SMARTS) is 1. The molecule has 0 radical (unpaired) electrons. The van der Waals surface area contributed by atoms with E-state index in [1.807, 2.05) is 18.2 Å². The van der Waals surface area contributed by atoms with Gasteiger partial charge < -0.3 is 10.4 Å². The first-order chi connectivity index (χ1) is 9.19. The van der Waals surface area contributed by atoms with E-state index in [1.165, 1.54) is 0 Å². The summed E-state index contributed by atoms with van der Waals surface area (Å²) in [6.07, 6.45) is 1.62. The first kappa shape index (κ1) is 15.4. The molecule has 1 rings (SSSR count). The number of rotatable bonds is 8. The second-order valence-electron chi connectivity index (χ2n) is 4.00. The van der Waals surface area contributed by atoms with E-state index >= 15 is 0 Å². The fourth-order valence-electron chi connectivity index (χ4n) is 1.69. The molecule has 0 aliphatic rings. The molecule has 0 saturated heterocycles. The lowest BCUT2D eigenvalue weighted by Crippen LogP contribution is -2.05. The number of carboxylic acids is 1. The quantitative estimate of drug-likeness (QED) is 0.563.